The van der Waals surface area contributed by atoms with Gasteiger partial charge in [-0.15, -0.1) is 0 Å². The van der Waals surface area contributed by atoms with Crippen LogP contribution in [0.1, 0.15) is 11.1 Å². The molecule has 0 spiro atoms. The number of ether oxygens (including phenoxy) is 1. The van der Waals surface area contributed by atoms with Crippen molar-refractivity contribution in [3.63, 3.8) is 0 Å². The van der Waals surface area contributed by atoms with Crippen LogP contribution in [0.25, 0.3) is 6.08 Å². The van der Waals surface area contributed by atoms with Crippen LogP contribution in [0.2, 0.25) is 0 Å². The normalized spacial score (nSPS) is 11.3. The van der Waals surface area contributed by atoms with Crippen molar-refractivity contribution in [3.05, 3.63) is 71.8 Å². The fourth-order valence-corrected chi connectivity index (χ4v) is 1.85. The molecule has 0 saturated carbocycles. The number of hydrogen-bond donors (Lipinski definition) is 1. The Morgan fingerprint density at radius 3 is 2.24 bits per heavy atom. The van der Waals surface area contributed by atoms with E-state index in [2.05, 4.69) is 5.32 Å². The highest BCUT2D eigenvalue weighted by molar-refractivity contribution is 5.94. The Morgan fingerprint density at radius 1 is 1.00 bits per heavy atom. The highest BCUT2D eigenvalue weighted by Gasteiger charge is 2.29. The summed E-state index contributed by atoms with van der Waals surface area (Å²) >= 11 is 0. The standard InChI is InChI=1S/C18H14F3NO3/c19-18(20,21)14-9-6-13(7-10-14)8-11-17(24)25-12-16(23)22-15-4-2-1-3-5-15/h1-11H,12H2,(H,22,23)/b11-8+. The van der Waals surface area contributed by atoms with Gasteiger partial charge in [-0.05, 0) is 35.9 Å². The second-order valence-electron chi connectivity index (χ2n) is 4.98. The number of carbonyl (C=O) groups excluding carboxylic acids is 2. The summed E-state index contributed by atoms with van der Waals surface area (Å²) in [6.07, 6.45) is -2.07. The van der Waals surface area contributed by atoms with Crippen molar-refractivity contribution >= 4 is 23.6 Å². The van der Waals surface area contributed by atoms with Gasteiger partial charge in [0.2, 0.25) is 0 Å². The van der Waals surface area contributed by atoms with Gasteiger partial charge < -0.3 is 10.1 Å². The molecule has 2 aromatic carbocycles. The summed E-state index contributed by atoms with van der Waals surface area (Å²) in [5.74, 6) is -1.27. The van der Waals surface area contributed by atoms with Gasteiger partial charge in [0.15, 0.2) is 6.61 Å². The third-order valence-corrected chi connectivity index (χ3v) is 3.05. The first-order valence-electron chi connectivity index (χ1n) is 7.21. The maximum Gasteiger partial charge on any atom is 0.416 e. The topological polar surface area (TPSA) is 55.4 Å². The molecule has 130 valence electrons. The molecule has 0 aliphatic carbocycles. The summed E-state index contributed by atoms with van der Waals surface area (Å²) in [6.45, 7) is -0.467. The third-order valence-electron chi connectivity index (χ3n) is 3.05. The van der Waals surface area contributed by atoms with Gasteiger partial charge >= 0.3 is 12.1 Å². The Morgan fingerprint density at radius 2 is 1.64 bits per heavy atom. The first-order chi connectivity index (χ1) is 11.8. The molecule has 0 aromatic heterocycles. The molecule has 0 unspecified atom stereocenters. The molecule has 25 heavy (non-hydrogen) atoms. The molecular formula is C18H14F3NO3. The summed E-state index contributed by atoms with van der Waals surface area (Å²) in [5.41, 5.74) is 0.201. The zero-order chi connectivity index (χ0) is 18.3. The van der Waals surface area contributed by atoms with E-state index in [-0.39, 0.29) is 0 Å². The molecule has 1 amide bonds. The van der Waals surface area contributed by atoms with Crippen LogP contribution in [0.4, 0.5) is 18.9 Å². The quantitative estimate of drug-likeness (QED) is 0.658. The van der Waals surface area contributed by atoms with E-state index in [1.165, 1.54) is 18.2 Å². The van der Waals surface area contributed by atoms with Crippen LogP contribution in [-0.2, 0) is 20.5 Å². The molecule has 0 radical (unpaired) electrons. The van der Waals surface area contributed by atoms with Gasteiger partial charge in [-0.25, -0.2) is 4.79 Å². The number of nitrogens with one attached hydrogen (secondary N) is 1. The molecule has 7 heteroatoms. The Bertz CT molecular complexity index is 753. The molecule has 0 fully saturated rings. The summed E-state index contributed by atoms with van der Waals surface area (Å²) in [5, 5.41) is 2.54. The minimum Gasteiger partial charge on any atom is -0.452 e. The molecule has 4 nitrogen and oxygen atoms in total. The average Bonchev–Trinajstić information content (AvgIpc) is 2.58. The molecule has 0 atom stereocenters. The summed E-state index contributed by atoms with van der Waals surface area (Å²) in [7, 11) is 0. The lowest BCUT2D eigenvalue weighted by Crippen LogP contribution is -2.20. The number of esters is 1. The molecule has 0 aliphatic rings. The van der Waals surface area contributed by atoms with E-state index in [0.717, 1.165) is 18.2 Å². The molecule has 0 bridgehead atoms. The Hall–Kier alpha value is -3.09. The van der Waals surface area contributed by atoms with Gasteiger partial charge in [0.25, 0.3) is 5.91 Å². The van der Waals surface area contributed by atoms with Crippen molar-refractivity contribution in [2.24, 2.45) is 0 Å². The van der Waals surface area contributed by atoms with E-state index < -0.39 is 30.2 Å². The monoisotopic (exact) mass is 349 g/mol. The minimum absolute atomic E-state index is 0.402. The number of alkyl halides is 3. The number of benzene rings is 2. The Kier molecular flexibility index (Phi) is 5.94. The summed E-state index contributed by atoms with van der Waals surface area (Å²) in [4.78, 5) is 23.1. The zero-order valence-corrected chi connectivity index (χ0v) is 12.9. The Balaban J connectivity index is 1.81. The molecule has 0 aliphatic heterocycles. The number of carbonyl (C=O) groups is 2. The predicted octanol–water partition coefficient (Wildman–Crippen LogP) is 3.90. The lowest BCUT2D eigenvalue weighted by Gasteiger charge is -2.06. The highest BCUT2D eigenvalue weighted by atomic mass is 19.4. The average molecular weight is 349 g/mol. The number of hydrogen-bond acceptors (Lipinski definition) is 3. The second-order valence-corrected chi connectivity index (χ2v) is 4.98. The lowest BCUT2D eigenvalue weighted by molar-refractivity contribution is -0.142. The summed E-state index contributed by atoms with van der Waals surface area (Å²) in [6, 6.07) is 12.9. The number of amides is 1. The molecule has 0 heterocycles. The van der Waals surface area contributed by atoms with Crippen molar-refractivity contribution in [1.82, 2.24) is 0 Å². The first kappa shape index (κ1) is 18.3. The molecule has 0 saturated heterocycles. The maximum absolute atomic E-state index is 12.4. The van der Waals surface area contributed by atoms with Crippen molar-refractivity contribution in [2.75, 3.05) is 11.9 Å². The van der Waals surface area contributed by atoms with Gasteiger partial charge in [-0.3, -0.25) is 4.79 Å². The smallest absolute Gasteiger partial charge is 0.416 e. The van der Waals surface area contributed by atoms with Gasteiger partial charge in [-0.1, -0.05) is 30.3 Å². The van der Waals surface area contributed by atoms with Crippen LogP contribution in [0.3, 0.4) is 0 Å². The van der Waals surface area contributed by atoms with E-state index in [1.807, 2.05) is 0 Å². The lowest BCUT2D eigenvalue weighted by atomic mass is 10.1. The van der Waals surface area contributed by atoms with E-state index >= 15 is 0 Å². The highest BCUT2D eigenvalue weighted by Crippen LogP contribution is 2.29. The van der Waals surface area contributed by atoms with Gasteiger partial charge in [0, 0.05) is 11.8 Å². The fourth-order valence-electron chi connectivity index (χ4n) is 1.85. The van der Waals surface area contributed by atoms with E-state index in [1.54, 1.807) is 30.3 Å². The van der Waals surface area contributed by atoms with Gasteiger partial charge in [0.1, 0.15) is 0 Å². The maximum atomic E-state index is 12.4. The molecular weight excluding hydrogens is 335 g/mol. The SMILES string of the molecule is O=C(COC(=O)/C=C/c1ccc(C(F)(F)F)cc1)Nc1ccccc1. The van der Waals surface area contributed by atoms with Crippen LogP contribution in [0.15, 0.2) is 60.7 Å². The van der Waals surface area contributed by atoms with Crippen LogP contribution in [-0.4, -0.2) is 18.5 Å². The van der Waals surface area contributed by atoms with Crippen molar-refractivity contribution in [2.45, 2.75) is 6.18 Å². The predicted molar refractivity (Wildman–Crippen MR) is 86.5 cm³/mol. The number of halogens is 3. The Labute approximate surface area is 141 Å². The number of anilines is 1. The number of rotatable bonds is 5. The zero-order valence-electron chi connectivity index (χ0n) is 12.9. The third kappa shape index (κ3) is 6.14. The van der Waals surface area contributed by atoms with E-state index in [9.17, 15) is 22.8 Å². The van der Waals surface area contributed by atoms with Crippen LogP contribution >= 0.6 is 0 Å². The van der Waals surface area contributed by atoms with E-state index in [0.29, 0.717) is 11.3 Å². The number of para-hydroxylation sites is 1. The van der Waals surface area contributed by atoms with Crippen molar-refractivity contribution in [1.29, 1.82) is 0 Å². The van der Waals surface area contributed by atoms with Crippen LogP contribution < -0.4 is 5.32 Å². The first-order valence-corrected chi connectivity index (χ1v) is 7.21. The molecule has 1 N–H and O–H groups in total. The van der Waals surface area contributed by atoms with Crippen molar-refractivity contribution in [3.8, 4) is 0 Å². The molecule has 2 aromatic rings. The van der Waals surface area contributed by atoms with Crippen LogP contribution in [0, 0.1) is 0 Å². The minimum atomic E-state index is -4.41. The van der Waals surface area contributed by atoms with E-state index in [4.69, 9.17) is 4.74 Å². The van der Waals surface area contributed by atoms with Gasteiger partial charge in [-0.2, -0.15) is 13.2 Å². The van der Waals surface area contributed by atoms with Crippen LogP contribution in [0.5, 0.6) is 0 Å². The second kappa shape index (κ2) is 8.14. The largest absolute Gasteiger partial charge is 0.452 e. The fraction of sp³-hybridized carbons (Fsp3) is 0.111. The molecule has 2 rings (SSSR count). The van der Waals surface area contributed by atoms with Gasteiger partial charge in [0.05, 0.1) is 5.56 Å². The van der Waals surface area contributed by atoms with Crippen molar-refractivity contribution < 1.29 is 27.5 Å². The summed E-state index contributed by atoms with van der Waals surface area (Å²) < 4.78 is 42.1.